The van der Waals surface area contributed by atoms with Crippen LogP contribution in [0.15, 0.2) is 65.0 Å². The smallest absolute Gasteiger partial charge is 0.279 e. The van der Waals surface area contributed by atoms with Gasteiger partial charge in [0.25, 0.3) is 5.91 Å². The lowest BCUT2D eigenvalue weighted by molar-refractivity contribution is 0.0997. The van der Waals surface area contributed by atoms with E-state index in [1.165, 1.54) is 39.9 Å². The van der Waals surface area contributed by atoms with Crippen molar-refractivity contribution in [2.75, 3.05) is 13.7 Å². The number of amides is 1. The van der Waals surface area contributed by atoms with Gasteiger partial charge in [-0.15, -0.1) is 6.58 Å². The number of hydrogen-bond acceptors (Lipinski definition) is 5. The summed E-state index contributed by atoms with van der Waals surface area (Å²) < 4.78 is 36.3. The van der Waals surface area contributed by atoms with Crippen LogP contribution in [-0.4, -0.2) is 42.9 Å². The van der Waals surface area contributed by atoms with Gasteiger partial charge in [0.15, 0.2) is 4.80 Å². The second-order valence-electron chi connectivity index (χ2n) is 8.57. The Morgan fingerprint density at radius 3 is 2.57 bits per heavy atom. The van der Waals surface area contributed by atoms with Crippen LogP contribution < -0.4 is 9.54 Å². The molecule has 1 fully saturated rings. The van der Waals surface area contributed by atoms with Gasteiger partial charge in [0.2, 0.25) is 10.0 Å². The van der Waals surface area contributed by atoms with E-state index < -0.39 is 15.9 Å². The molecule has 0 saturated heterocycles. The third kappa shape index (κ3) is 5.27. The van der Waals surface area contributed by atoms with Gasteiger partial charge < -0.3 is 9.30 Å². The minimum absolute atomic E-state index is 0.0277. The summed E-state index contributed by atoms with van der Waals surface area (Å²) in [6, 6.07) is 11.9. The van der Waals surface area contributed by atoms with E-state index in [1.54, 1.807) is 13.1 Å². The molecule has 1 saturated carbocycles. The fraction of sp³-hybridized carbons (Fsp3) is 0.385. The summed E-state index contributed by atoms with van der Waals surface area (Å²) >= 11 is 1.40. The monoisotopic (exact) mass is 513 g/mol. The average molecular weight is 514 g/mol. The largest absolute Gasteiger partial charge is 0.492 e. The SMILES string of the molecule is C=CCn1c(=NC(=O)c2ccc(S(=O)(=O)N(C)C3CCCCC3)cc2)sc2cccc(OCC)c21. The van der Waals surface area contributed by atoms with Crippen LogP contribution in [0.4, 0.5) is 0 Å². The van der Waals surface area contributed by atoms with Crippen molar-refractivity contribution in [2.45, 2.75) is 56.5 Å². The van der Waals surface area contributed by atoms with Crippen LogP contribution in [0.3, 0.4) is 0 Å². The summed E-state index contributed by atoms with van der Waals surface area (Å²) in [6.45, 7) is 6.76. The maximum Gasteiger partial charge on any atom is 0.279 e. The normalized spacial score (nSPS) is 15.6. The molecule has 1 amide bonds. The Kier molecular flexibility index (Phi) is 7.88. The molecule has 35 heavy (non-hydrogen) atoms. The van der Waals surface area contributed by atoms with Crippen molar-refractivity contribution >= 4 is 37.5 Å². The quantitative estimate of drug-likeness (QED) is 0.398. The van der Waals surface area contributed by atoms with E-state index in [4.69, 9.17) is 4.74 Å². The number of carbonyl (C=O) groups excluding carboxylic acids is 1. The summed E-state index contributed by atoms with van der Waals surface area (Å²) in [6.07, 6.45) is 6.78. The predicted octanol–water partition coefficient (Wildman–Crippen LogP) is 4.98. The number of sulfonamides is 1. The van der Waals surface area contributed by atoms with E-state index in [2.05, 4.69) is 11.6 Å². The molecule has 4 rings (SSSR count). The number of allylic oxidation sites excluding steroid dienone is 1. The number of aromatic nitrogens is 1. The van der Waals surface area contributed by atoms with Crippen molar-refractivity contribution < 1.29 is 17.9 Å². The Balaban J connectivity index is 1.64. The minimum atomic E-state index is -3.62. The first-order chi connectivity index (χ1) is 16.9. The number of rotatable bonds is 8. The highest BCUT2D eigenvalue weighted by Crippen LogP contribution is 2.28. The molecule has 2 aromatic carbocycles. The Morgan fingerprint density at radius 1 is 1.20 bits per heavy atom. The molecule has 7 nitrogen and oxygen atoms in total. The lowest BCUT2D eigenvalue weighted by atomic mass is 9.96. The maximum atomic E-state index is 13.1. The van der Waals surface area contributed by atoms with Crippen molar-refractivity contribution in [2.24, 2.45) is 4.99 Å². The van der Waals surface area contributed by atoms with Gasteiger partial charge in [-0.2, -0.15) is 9.30 Å². The molecule has 0 atom stereocenters. The van der Waals surface area contributed by atoms with E-state index in [1.807, 2.05) is 29.7 Å². The first kappa shape index (κ1) is 25.3. The van der Waals surface area contributed by atoms with Crippen LogP contribution in [0.25, 0.3) is 10.2 Å². The van der Waals surface area contributed by atoms with E-state index in [9.17, 15) is 13.2 Å². The molecule has 186 valence electrons. The summed E-state index contributed by atoms with van der Waals surface area (Å²) in [4.78, 5) is 18.1. The number of ether oxygens (including phenoxy) is 1. The lowest BCUT2D eigenvalue weighted by Crippen LogP contribution is -2.38. The van der Waals surface area contributed by atoms with Gasteiger partial charge in [-0.3, -0.25) is 4.79 Å². The van der Waals surface area contributed by atoms with Crippen molar-refractivity contribution in [1.29, 1.82) is 0 Å². The fourth-order valence-corrected chi connectivity index (χ4v) is 6.95. The molecular weight excluding hydrogens is 482 g/mol. The average Bonchev–Trinajstić information content (AvgIpc) is 3.22. The molecule has 0 radical (unpaired) electrons. The highest BCUT2D eigenvalue weighted by molar-refractivity contribution is 7.89. The van der Waals surface area contributed by atoms with Gasteiger partial charge in [-0.25, -0.2) is 8.42 Å². The number of nitrogens with zero attached hydrogens (tertiary/aromatic N) is 3. The number of hydrogen-bond donors (Lipinski definition) is 0. The van der Waals surface area contributed by atoms with Crippen LogP contribution in [-0.2, 0) is 16.6 Å². The highest BCUT2D eigenvalue weighted by Gasteiger charge is 2.29. The van der Waals surface area contributed by atoms with E-state index >= 15 is 0 Å². The van der Waals surface area contributed by atoms with Crippen molar-refractivity contribution in [3.63, 3.8) is 0 Å². The van der Waals surface area contributed by atoms with Crippen LogP contribution >= 0.6 is 11.3 Å². The molecule has 0 N–H and O–H groups in total. The summed E-state index contributed by atoms with van der Waals surface area (Å²) in [5, 5.41) is 0. The summed E-state index contributed by atoms with van der Waals surface area (Å²) in [7, 11) is -1.97. The summed E-state index contributed by atoms with van der Waals surface area (Å²) in [5.74, 6) is 0.297. The molecule has 0 bridgehead atoms. The second kappa shape index (κ2) is 10.9. The molecule has 1 heterocycles. The number of para-hydroxylation sites is 1. The lowest BCUT2D eigenvalue weighted by Gasteiger charge is -2.30. The first-order valence-corrected chi connectivity index (χ1v) is 14.2. The third-order valence-corrected chi connectivity index (χ3v) is 9.31. The molecule has 0 unspecified atom stereocenters. The van der Waals surface area contributed by atoms with Gasteiger partial charge in [0.05, 0.1) is 16.2 Å². The van der Waals surface area contributed by atoms with Gasteiger partial charge in [-0.1, -0.05) is 42.7 Å². The minimum Gasteiger partial charge on any atom is -0.492 e. The molecule has 1 aromatic heterocycles. The molecule has 0 spiro atoms. The molecular formula is C26H31N3O4S2. The zero-order valence-corrected chi connectivity index (χ0v) is 21.8. The van der Waals surface area contributed by atoms with Crippen molar-refractivity contribution in [3.8, 4) is 5.75 Å². The van der Waals surface area contributed by atoms with Crippen molar-refractivity contribution in [1.82, 2.24) is 8.87 Å². The molecule has 3 aromatic rings. The summed E-state index contributed by atoms with van der Waals surface area (Å²) in [5.41, 5.74) is 1.20. The molecule has 1 aliphatic rings. The zero-order chi connectivity index (χ0) is 25.0. The van der Waals surface area contributed by atoms with Gasteiger partial charge in [-0.05, 0) is 56.2 Å². The Bertz CT molecular complexity index is 1380. The van der Waals surface area contributed by atoms with Gasteiger partial charge in [0, 0.05) is 25.2 Å². The van der Waals surface area contributed by atoms with Gasteiger partial charge >= 0.3 is 0 Å². The highest BCUT2D eigenvalue weighted by atomic mass is 32.2. The van der Waals surface area contributed by atoms with Crippen LogP contribution in [0.5, 0.6) is 5.75 Å². The van der Waals surface area contributed by atoms with E-state index in [-0.39, 0.29) is 10.9 Å². The maximum absolute atomic E-state index is 13.1. The first-order valence-electron chi connectivity index (χ1n) is 11.9. The number of benzene rings is 2. The second-order valence-corrected chi connectivity index (χ2v) is 11.6. The topological polar surface area (TPSA) is 81.0 Å². The fourth-order valence-electron chi connectivity index (χ4n) is 4.48. The van der Waals surface area contributed by atoms with Crippen LogP contribution in [0.1, 0.15) is 49.4 Å². The van der Waals surface area contributed by atoms with Crippen LogP contribution in [0, 0.1) is 0 Å². The molecule has 0 aliphatic heterocycles. The van der Waals surface area contributed by atoms with E-state index in [0.29, 0.717) is 23.5 Å². The Morgan fingerprint density at radius 2 is 1.91 bits per heavy atom. The van der Waals surface area contributed by atoms with Crippen molar-refractivity contribution in [3.05, 3.63) is 65.5 Å². The van der Waals surface area contributed by atoms with E-state index in [0.717, 1.165) is 48.1 Å². The standard InChI is InChI=1S/C26H31N3O4S2/c1-4-18-29-24-22(33-5-2)12-9-13-23(24)34-26(29)27-25(30)19-14-16-21(17-15-19)35(31,32)28(3)20-10-7-6-8-11-20/h4,9,12-17,20H,1,5-8,10-11,18H2,2-3H3. The zero-order valence-electron chi connectivity index (χ0n) is 20.1. The number of thiazole rings is 1. The Hall–Kier alpha value is -2.75. The van der Waals surface area contributed by atoms with Crippen LogP contribution in [0.2, 0.25) is 0 Å². The molecule has 1 aliphatic carbocycles. The predicted molar refractivity (Wildman–Crippen MR) is 139 cm³/mol. The molecule has 9 heteroatoms. The number of fused-ring (bicyclic) bond motifs is 1. The van der Waals surface area contributed by atoms with Gasteiger partial charge in [0.1, 0.15) is 11.3 Å². The number of carbonyl (C=O) groups is 1. The third-order valence-electron chi connectivity index (χ3n) is 6.34. The Labute approximate surface area is 210 Å².